The van der Waals surface area contributed by atoms with Gasteiger partial charge in [-0.1, -0.05) is 98.8 Å². The van der Waals surface area contributed by atoms with E-state index in [1.54, 1.807) is 91.0 Å². The number of aliphatic hydroxyl groups is 1. The summed E-state index contributed by atoms with van der Waals surface area (Å²) in [5, 5.41) is 11.5. The summed E-state index contributed by atoms with van der Waals surface area (Å²) in [5.74, 6) is -2.56. The molecule has 4 aromatic carbocycles. The van der Waals surface area contributed by atoms with Crippen LogP contribution in [-0.2, 0) is 39.8 Å². The molecule has 8 atom stereocenters. The SMILES string of the molecule is CC1[C@H](OC2=CC(COC(=O)c3ccccc3)O[C@@H](OCc3ccccc3)C2O)OC(COC(=O)c2ccccc2)[C@@H](C)[C@@H]1OC(=O)c1ccccc1. The van der Waals surface area contributed by atoms with Crippen LogP contribution in [0.5, 0.6) is 0 Å². The molecule has 0 aromatic heterocycles. The zero-order chi connectivity index (χ0) is 37.2. The Labute approximate surface area is 308 Å². The number of carbonyl (C=O) groups is 3. The maximum Gasteiger partial charge on any atom is 0.338 e. The fraction of sp³-hybridized carbons (Fsp3) is 0.310. The van der Waals surface area contributed by atoms with Crippen molar-refractivity contribution in [2.24, 2.45) is 11.8 Å². The highest BCUT2D eigenvalue weighted by molar-refractivity contribution is 5.90. The lowest BCUT2D eigenvalue weighted by molar-refractivity contribution is -0.274. The monoisotopic (exact) mass is 722 g/mol. The topological polar surface area (TPSA) is 136 Å². The van der Waals surface area contributed by atoms with Gasteiger partial charge in [-0.3, -0.25) is 0 Å². The Morgan fingerprint density at radius 1 is 0.623 bits per heavy atom. The first-order valence-corrected chi connectivity index (χ1v) is 17.5. The summed E-state index contributed by atoms with van der Waals surface area (Å²) < 4.78 is 42.2. The molecule has 2 heterocycles. The Balaban J connectivity index is 1.22. The molecule has 4 unspecified atom stereocenters. The van der Waals surface area contributed by atoms with Gasteiger partial charge in [-0.05, 0) is 48.0 Å². The van der Waals surface area contributed by atoms with E-state index in [1.807, 2.05) is 44.2 Å². The molecule has 0 spiro atoms. The molecular weight excluding hydrogens is 680 g/mol. The normalized spacial score (nSPS) is 25.4. The van der Waals surface area contributed by atoms with Gasteiger partial charge in [-0.2, -0.15) is 0 Å². The minimum absolute atomic E-state index is 0.0506. The van der Waals surface area contributed by atoms with Crippen LogP contribution in [0.3, 0.4) is 0 Å². The van der Waals surface area contributed by atoms with Crippen molar-refractivity contribution in [2.75, 3.05) is 13.2 Å². The highest BCUT2D eigenvalue weighted by atomic mass is 16.7. The molecule has 0 saturated carbocycles. The van der Waals surface area contributed by atoms with E-state index in [9.17, 15) is 19.5 Å². The summed E-state index contributed by atoms with van der Waals surface area (Å²) in [5.41, 5.74) is 1.97. The Morgan fingerprint density at radius 2 is 1.13 bits per heavy atom. The first-order valence-electron chi connectivity index (χ1n) is 17.5. The number of esters is 3. The van der Waals surface area contributed by atoms with E-state index in [4.69, 9.17) is 33.2 Å². The second kappa shape index (κ2) is 17.9. The van der Waals surface area contributed by atoms with Gasteiger partial charge in [0.1, 0.15) is 37.3 Å². The zero-order valence-corrected chi connectivity index (χ0v) is 29.4. The molecule has 53 heavy (non-hydrogen) atoms. The maximum absolute atomic E-state index is 13.3. The van der Waals surface area contributed by atoms with E-state index in [0.29, 0.717) is 16.7 Å². The number of rotatable bonds is 13. The standard InChI is InChI=1S/C42H42O11/c1-27-35(26-48-39(45)31-19-11-5-12-20-31)52-41(28(2)37(27)53-40(46)32-21-13-6-14-22-32)51-34-23-33(25-47-38(44)30-17-9-4-10-18-30)50-42(36(34)43)49-24-29-15-7-3-8-16-29/h3-23,27-28,33,35-37,41-43H,24-26H2,1-2H3/t27-,28?,33?,35?,36?,37+,41-,42-/m1/s1. The molecule has 0 aliphatic carbocycles. The summed E-state index contributed by atoms with van der Waals surface area (Å²) in [6, 6.07) is 35.1. The predicted molar refractivity (Wildman–Crippen MR) is 191 cm³/mol. The summed E-state index contributed by atoms with van der Waals surface area (Å²) in [6.45, 7) is 3.42. The van der Waals surface area contributed by atoms with Crippen molar-refractivity contribution >= 4 is 17.9 Å². The van der Waals surface area contributed by atoms with Gasteiger partial charge < -0.3 is 38.3 Å². The Hall–Kier alpha value is -5.33. The molecule has 1 fully saturated rings. The molecule has 4 aromatic rings. The van der Waals surface area contributed by atoms with Crippen molar-refractivity contribution in [3.05, 3.63) is 155 Å². The van der Waals surface area contributed by atoms with Crippen LogP contribution < -0.4 is 0 Å². The third-order valence-electron chi connectivity index (χ3n) is 9.11. The Bertz CT molecular complexity index is 1820. The van der Waals surface area contributed by atoms with Gasteiger partial charge in [0.2, 0.25) is 6.29 Å². The number of hydrogen-bond donors (Lipinski definition) is 1. The second-order valence-electron chi connectivity index (χ2n) is 12.9. The molecule has 11 nitrogen and oxygen atoms in total. The second-order valence-corrected chi connectivity index (χ2v) is 12.9. The van der Waals surface area contributed by atoms with E-state index in [1.165, 1.54) is 6.08 Å². The molecule has 2 aliphatic heterocycles. The van der Waals surface area contributed by atoms with Gasteiger partial charge in [0.15, 0.2) is 12.4 Å². The highest BCUT2D eigenvalue weighted by Crippen LogP contribution is 2.36. The summed E-state index contributed by atoms with van der Waals surface area (Å²) in [6.07, 6.45) is -4.56. The van der Waals surface area contributed by atoms with Crippen LogP contribution in [0.1, 0.15) is 50.5 Å². The Morgan fingerprint density at radius 3 is 1.70 bits per heavy atom. The molecular formula is C42H42O11. The van der Waals surface area contributed by atoms with Crippen LogP contribution >= 0.6 is 0 Å². The van der Waals surface area contributed by atoms with Gasteiger partial charge in [0, 0.05) is 5.92 Å². The van der Waals surface area contributed by atoms with E-state index in [0.717, 1.165) is 5.56 Å². The van der Waals surface area contributed by atoms with E-state index >= 15 is 0 Å². The van der Waals surface area contributed by atoms with E-state index < -0.39 is 66.7 Å². The summed E-state index contributed by atoms with van der Waals surface area (Å²) in [7, 11) is 0. The number of benzene rings is 4. The van der Waals surface area contributed by atoms with Gasteiger partial charge in [-0.25, -0.2) is 14.4 Å². The maximum atomic E-state index is 13.3. The molecule has 1 saturated heterocycles. The molecule has 11 heteroatoms. The van der Waals surface area contributed by atoms with E-state index in [2.05, 4.69) is 0 Å². The fourth-order valence-electron chi connectivity index (χ4n) is 6.12. The van der Waals surface area contributed by atoms with Crippen molar-refractivity contribution in [3.8, 4) is 0 Å². The summed E-state index contributed by atoms with van der Waals surface area (Å²) in [4.78, 5) is 39.0. The Kier molecular flexibility index (Phi) is 12.7. The van der Waals surface area contributed by atoms with Crippen molar-refractivity contribution in [2.45, 2.75) is 57.5 Å². The highest BCUT2D eigenvalue weighted by Gasteiger charge is 2.47. The smallest absolute Gasteiger partial charge is 0.338 e. The number of carbonyl (C=O) groups excluding carboxylic acids is 3. The average molecular weight is 723 g/mol. The molecule has 0 amide bonds. The number of aliphatic hydroxyl groups excluding tert-OH is 1. The lowest BCUT2D eigenvalue weighted by atomic mass is 9.85. The molecule has 0 radical (unpaired) electrons. The summed E-state index contributed by atoms with van der Waals surface area (Å²) >= 11 is 0. The molecule has 1 N–H and O–H groups in total. The fourth-order valence-corrected chi connectivity index (χ4v) is 6.12. The van der Waals surface area contributed by atoms with Crippen LogP contribution in [0.15, 0.2) is 133 Å². The number of ether oxygens (including phenoxy) is 7. The molecule has 276 valence electrons. The van der Waals surface area contributed by atoms with Crippen LogP contribution in [-0.4, -0.2) is 73.2 Å². The van der Waals surface area contributed by atoms with Crippen molar-refractivity contribution in [3.63, 3.8) is 0 Å². The number of hydrogen-bond acceptors (Lipinski definition) is 11. The van der Waals surface area contributed by atoms with Crippen LogP contribution in [0, 0.1) is 11.8 Å². The van der Waals surface area contributed by atoms with Crippen molar-refractivity contribution < 1.29 is 52.6 Å². The van der Waals surface area contributed by atoms with Crippen LogP contribution in [0.25, 0.3) is 0 Å². The first kappa shape index (κ1) is 37.4. The van der Waals surface area contributed by atoms with Gasteiger partial charge in [-0.15, -0.1) is 0 Å². The minimum atomic E-state index is -1.41. The molecule has 0 bridgehead atoms. The average Bonchev–Trinajstić information content (AvgIpc) is 3.20. The zero-order valence-electron chi connectivity index (χ0n) is 29.4. The van der Waals surface area contributed by atoms with E-state index in [-0.39, 0.29) is 25.6 Å². The quantitative estimate of drug-likeness (QED) is 0.126. The van der Waals surface area contributed by atoms with Crippen molar-refractivity contribution in [1.29, 1.82) is 0 Å². The van der Waals surface area contributed by atoms with Crippen LogP contribution in [0.4, 0.5) is 0 Å². The third-order valence-corrected chi connectivity index (χ3v) is 9.11. The van der Waals surface area contributed by atoms with Gasteiger partial charge in [0.25, 0.3) is 0 Å². The van der Waals surface area contributed by atoms with Crippen molar-refractivity contribution in [1.82, 2.24) is 0 Å². The lowest BCUT2D eigenvalue weighted by Crippen LogP contribution is -2.54. The molecule has 6 rings (SSSR count). The first-order chi connectivity index (χ1) is 25.8. The molecule has 2 aliphatic rings. The lowest BCUT2D eigenvalue weighted by Gasteiger charge is -2.44. The minimum Gasteiger partial charge on any atom is -0.466 e. The third kappa shape index (κ3) is 9.76. The van der Waals surface area contributed by atoms with Crippen LogP contribution in [0.2, 0.25) is 0 Å². The van der Waals surface area contributed by atoms with Gasteiger partial charge >= 0.3 is 17.9 Å². The van der Waals surface area contributed by atoms with Gasteiger partial charge in [0.05, 0.1) is 29.2 Å². The predicted octanol–water partition coefficient (Wildman–Crippen LogP) is 6.13. The largest absolute Gasteiger partial charge is 0.466 e.